The molecule has 2 aromatic rings. The predicted octanol–water partition coefficient (Wildman–Crippen LogP) is 4.74. The van der Waals surface area contributed by atoms with Gasteiger partial charge in [-0.05, 0) is 24.3 Å². The van der Waals surface area contributed by atoms with Crippen LogP contribution in [0.1, 0.15) is 5.56 Å². The first-order valence-electron chi connectivity index (χ1n) is 7.32. The van der Waals surface area contributed by atoms with Gasteiger partial charge in [0.2, 0.25) is 0 Å². The molecule has 0 bridgehead atoms. The number of nitrogens with zero attached hydrogens (tertiary/aromatic N) is 2. The maximum Gasteiger partial charge on any atom is 0.182 e. The third kappa shape index (κ3) is 4.21. The predicted molar refractivity (Wildman–Crippen MR) is 105 cm³/mol. The van der Waals surface area contributed by atoms with Crippen LogP contribution in [0.15, 0.2) is 46.5 Å². The molecule has 8 heteroatoms. The summed E-state index contributed by atoms with van der Waals surface area (Å²) < 4.78 is 10.5. The van der Waals surface area contributed by atoms with E-state index in [9.17, 15) is 0 Å². The molecule has 0 spiro atoms. The Bertz CT molecular complexity index is 856. The summed E-state index contributed by atoms with van der Waals surface area (Å²) in [5.74, 6) is 1.94. The normalized spacial score (nSPS) is 15.5. The molecule has 0 radical (unpaired) electrons. The molecular weight excluding hydrogens is 381 g/mol. The van der Waals surface area contributed by atoms with Gasteiger partial charge in [0, 0.05) is 22.4 Å². The molecule has 5 nitrogen and oxygen atoms in total. The summed E-state index contributed by atoms with van der Waals surface area (Å²) in [5, 5.41) is 6.25. The number of methoxy groups -OCH3 is 2. The van der Waals surface area contributed by atoms with E-state index >= 15 is 0 Å². The summed E-state index contributed by atoms with van der Waals surface area (Å²) in [5.41, 5.74) is 5.41. The van der Waals surface area contributed by atoms with Crippen molar-refractivity contribution in [3.63, 3.8) is 0 Å². The average molecular weight is 396 g/mol. The first kappa shape index (κ1) is 17.9. The van der Waals surface area contributed by atoms with E-state index in [2.05, 4.69) is 15.5 Å². The first-order valence-corrected chi connectivity index (χ1v) is 9.06. The molecule has 1 aliphatic heterocycles. The Morgan fingerprint density at radius 1 is 1.08 bits per heavy atom. The molecule has 25 heavy (non-hydrogen) atoms. The van der Waals surface area contributed by atoms with Gasteiger partial charge in [0.05, 0.1) is 30.6 Å². The number of benzene rings is 2. The number of halogens is 2. The summed E-state index contributed by atoms with van der Waals surface area (Å²) in [6.45, 7) is 0. The number of amidine groups is 1. The number of hydrogen-bond acceptors (Lipinski definition) is 5. The topological polar surface area (TPSA) is 55.2 Å². The van der Waals surface area contributed by atoms with Gasteiger partial charge in [0.25, 0.3) is 0 Å². The molecule has 0 atom stereocenters. The van der Waals surface area contributed by atoms with Crippen LogP contribution < -0.4 is 14.9 Å². The minimum absolute atomic E-state index is 0.578. The van der Waals surface area contributed by atoms with Crippen molar-refractivity contribution in [2.24, 2.45) is 10.1 Å². The number of rotatable bonds is 4. The van der Waals surface area contributed by atoms with Crippen LogP contribution in [0.5, 0.6) is 11.5 Å². The van der Waals surface area contributed by atoms with Crippen LogP contribution in [0, 0.1) is 0 Å². The van der Waals surface area contributed by atoms with Gasteiger partial charge in [-0.3, -0.25) is 5.43 Å². The molecule has 0 amide bonds. The van der Waals surface area contributed by atoms with E-state index < -0.39 is 0 Å². The summed E-state index contributed by atoms with van der Waals surface area (Å²) in [7, 11) is 3.19. The van der Waals surface area contributed by atoms with Crippen molar-refractivity contribution in [2.45, 2.75) is 0 Å². The minimum Gasteiger partial charge on any atom is -0.493 e. The number of thioether (sulfide) groups is 1. The van der Waals surface area contributed by atoms with Crippen molar-refractivity contribution in [3.8, 4) is 11.5 Å². The fraction of sp³-hybridized carbons (Fsp3) is 0.176. The second kappa shape index (κ2) is 7.99. The zero-order chi connectivity index (χ0) is 17.8. The fourth-order valence-electron chi connectivity index (χ4n) is 2.25. The number of nitrogens with one attached hydrogen (secondary N) is 1. The summed E-state index contributed by atoms with van der Waals surface area (Å²) in [6.07, 6.45) is 0. The smallest absolute Gasteiger partial charge is 0.182 e. The van der Waals surface area contributed by atoms with Crippen LogP contribution in [0.2, 0.25) is 10.0 Å². The van der Waals surface area contributed by atoms with Crippen molar-refractivity contribution in [2.75, 3.05) is 20.0 Å². The molecule has 2 aromatic carbocycles. The second-order valence-electron chi connectivity index (χ2n) is 5.04. The summed E-state index contributed by atoms with van der Waals surface area (Å²) in [6, 6.07) is 10.8. The van der Waals surface area contributed by atoms with Gasteiger partial charge >= 0.3 is 0 Å². The van der Waals surface area contributed by atoms with E-state index in [-0.39, 0.29) is 0 Å². The lowest BCUT2D eigenvalue weighted by molar-refractivity contribution is 0.355. The molecular formula is C17H15Cl2N3O2S. The number of hydrazone groups is 1. The molecule has 0 aliphatic carbocycles. The van der Waals surface area contributed by atoms with Gasteiger partial charge in [-0.15, -0.1) is 0 Å². The highest BCUT2D eigenvalue weighted by molar-refractivity contribution is 8.14. The maximum atomic E-state index is 6.23. The summed E-state index contributed by atoms with van der Waals surface area (Å²) in [4.78, 5) is 4.54. The molecule has 0 aromatic heterocycles. The van der Waals surface area contributed by atoms with E-state index in [1.807, 2.05) is 24.3 Å². The standard InChI is InChI=1S/C17H15Cl2N3O2S/c1-23-15-6-4-11(8-16(15)24-2)20-17-22-21-14(9-25-17)12-5-3-10(18)7-13(12)19/h3-8H,9H2,1-2H3,(H,20,22). The highest BCUT2D eigenvalue weighted by Crippen LogP contribution is 2.32. The molecule has 1 aliphatic rings. The second-order valence-corrected chi connectivity index (χ2v) is 6.85. The highest BCUT2D eigenvalue weighted by Gasteiger charge is 2.16. The minimum atomic E-state index is 0.578. The van der Waals surface area contributed by atoms with Crippen LogP contribution in [-0.4, -0.2) is 30.9 Å². The highest BCUT2D eigenvalue weighted by atomic mass is 35.5. The van der Waals surface area contributed by atoms with Gasteiger partial charge in [0.15, 0.2) is 16.7 Å². The van der Waals surface area contributed by atoms with Gasteiger partial charge in [0.1, 0.15) is 0 Å². The molecule has 3 rings (SSSR count). The Hall–Kier alpha value is -1.89. The monoisotopic (exact) mass is 395 g/mol. The van der Waals surface area contributed by atoms with Crippen LogP contribution in [0.3, 0.4) is 0 Å². The van der Waals surface area contributed by atoms with Crippen LogP contribution >= 0.6 is 35.0 Å². The zero-order valence-corrected chi connectivity index (χ0v) is 15.9. The Morgan fingerprint density at radius 3 is 2.52 bits per heavy atom. The lowest BCUT2D eigenvalue weighted by atomic mass is 10.1. The Morgan fingerprint density at radius 2 is 1.88 bits per heavy atom. The van der Waals surface area contributed by atoms with Crippen LogP contribution in [-0.2, 0) is 0 Å². The third-order valence-corrected chi connectivity index (χ3v) is 4.89. The Balaban J connectivity index is 1.79. The van der Waals surface area contributed by atoms with Crippen molar-refractivity contribution in [1.29, 1.82) is 0 Å². The largest absolute Gasteiger partial charge is 0.493 e. The van der Waals surface area contributed by atoms with Crippen LogP contribution in [0.25, 0.3) is 0 Å². The quantitative estimate of drug-likeness (QED) is 0.811. The molecule has 1 heterocycles. The number of ether oxygens (including phenoxy) is 2. The van der Waals surface area contributed by atoms with Gasteiger partial charge in [-0.1, -0.05) is 41.0 Å². The Kier molecular flexibility index (Phi) is 5.73. The van der Waals surface area contributed by atoms with Crippen molar-refractivity contribution in [1.82, 2.24) is 5.43 Å². The molecule has 130 valence electrons. The number of hydrogen-bond donors (Lipinski definition) is 1. The van der Waals surface area contributed by atoms with E-state index in [0.29, 0.717) is 32.5 Å². The van der Waals surface area contributed by atoms with E-state index in [1.54, 1.807) is 38.1 Å². The van der Waals surface area contributed by atoms with Crippen molar-refractivity contribution in [3.05, 3.63) is 52.0 Å². The molecule has 1 N–H and O–H groups in total. The van der Waals surface area contributed by atoms with Gasteiger partial charge in [-0.2, -0.15) is 5.10 Å². The maximum absolute atomic E-state index is 6.23. The van der Waals surface area contributed by atoms with Crippen molar-refractivity contribution >= 4 is 51.5 Å². The Labute approximate surface area is 160 Å². The summed E-state index contributed by atoms with van der Waals surface area (Å²) >= 11 is 13.7. The SMILES string of the molecule is COc1ccc(N=C2NN=C(c3ccc(Cl)cc3Cl)CS2)cc1OC. The van der Waals surface area contributed by atoms with E-state index in [1.165, 1.54) is 0 Å². The van der Waals surface area contributed by atoms with Crippen molar-refractivity contribution < 1.29 is 9.47 Å². The van der Waals surface area contributed by atoms with Gasteiger partial charge in [-0.25, -0.2) is 4.99 Å². The zero-order valence-electron chi connectivity index (χ0n) is 13.5. The van der Waals surface area contributed by atoms with E-state index in [0.717, 1.165) is 17.0 Å². The number of aliphatic imine (C=N–C) groups is 1. The lowest BCUT2D eigenvalue weighted by Crippen LogP contribution is -2.25. The fourth-order valence-corrected chi connectivity index (χ4v) is 3.54. The lowest BCUT2D eigenvalue weighted by Gasteiger charge is -2.16. The molecule has 0 saturated carbocycles. The molecule has 0 fully saturated rings. The van der Waals surface area contributed by atoms with Gasteiger partial charge < -0.3 is 9.47 Å². The molecule has 0 unspecified atom stereocenters. The first-order chi connectivity index (χ1) is 12.1. The third-order valence-electron chi connectivity index (χ3n) is 3.47. The van der Waals surface area contributed by atoms with Crippen LogP contribution in [0.4, 0.5) is 5.69 Å². The average Bonchev–Trinajstić information content (AvgIpc) is 2.62. The van der Waals surface area contributed by atoms with E-state index in [4.69, 9.17) is 32.7 Å². The molecule has 0 saturated heterocycles.